The van der Waals surface area contributed by atoms with Gasteiger partial charge in [-0.25, -0.2) is 0 Å². The summed E-state index contributed by atoms with van der Waals surface area (Å²) < 4.78 is 1.59. The third-order valence-electron chi connectivity index (χ3n) is 2.38. The molecule has 0 saturated heterocycles. The number of carboxylic acids is 1. The van der Waals surface area contributed by atoms with Crippen molar-refractivity contribution >= 4 is 17.7 Å². The number of aliphatic carboxylic acids is 1. The highest BCUT2D eigenvalue weighted by Crippen LogP contribution is 2.19. The van der Waals surface area contributed by atoms with Crippen LogP contribution in [0.3, 0.4) is 0 Å². The summed E-state index contributed by atoms with van der Waals surface area (Å²) in [6.45, 7) is 4.32. The van der Waals surface area contributed by atoms with Gasteiger partial charge in [0.2, 0.25) is 0 Å². The predicted molar refractivity (Wildman–Crippen MR) is 69.4 cm³/mol. The molecule has 1 aromatic rings. The number of carbonyl (C=O) groups is 1. The van der Waals surface area contributed by atoms with Crippen molar-refractivity contribution < 1.29 is 9.90 Å². The van der Waals surface area contributed by atoms with Gasteiger partial charge < -0.3 is 9.67 Å². The number of aromatic nitrogens is 1. The fourth-order valence-electron chi connectivity index (χ4n) is 1.47. The van der Waals surface area contributed by atoms with E-state index in [1.54, 1.807) is 22.9 Å². The first kappa shape index (κ1) is 13.8. The number of pyridine rings is 1. The second-order valence-electron chi connectivity index (χ2n) is 4.11. The molecule has 17 heavy (non-hydrogen) atoms. The molecule has 1 heterocycles. The quantitative estimate of drug-likeness (QED) is 0.840. The fraction of sp³-hybridized carbons (Fsp3) is 0.500. The molecule has 0 aliphatic heterocycles. The SMILES string of the molecule is CC(C)C(SCCn1ccccc1=O)C(=O)O. The molecule has 0 aliphatic carbocycles. The van der Waals surface area contributed by atoms with Gasteiger partial charge in [-0.1, -0.05) is 19.9 Å². The lowest BCUT2D eigenvalue weighted by molar-refractivity contribution is -0.137. The summed E-state index contributed by atoms with van der Waals surface area (Å²) in [5, 5.41) is 8.60. The molecule has 1 N–H and O–H groups in total. The van der Waals surface area contributed by atoms with Crippen LogP contribution in [0.15, 0.2) is 29.2 Å². The third kappa shape index (κ3) is 4.26. The van der Waals surface area contributed by atoms with Crippen LogP contribution in [0, 0.1) is 5.92 Å². The van der Waals surface area contributed by atoms with Crippen LogP contribution in [0.5, 0.6) is 0 Å². The first-order valence-corrected chi connectivity index (χ1v) is 6.57. The number of carboxylic acid groups (broad SMARTS) is 1. The number of rotatable bonds is 6. The highest BCUT2D eigenvalue weighted by molar-refractivity contribution is 8.00. The first-order valence-electron chi connectivity index (χ1n) is 5.52. The minimum absolute atomic E-state index is 0.0514. The Kier molecular flexibility index (Phi) is 5.28. The summed E-state index contributed by atoms with van der Waals surface area (Å²) in [5.41, 5.74) is -0.0514. The van der Waals surface area contributed by atoms with E-state index in [0.29, 0.717) is 12.3 Å². The van der Waals surface area contributed by atoms with Gasteiger partial charge in [0.15, 0.2) is 0 Å². The van der Waals surface area contributed by atoms with Gasteiger partial charge in [0.1, 0.15) is 5.25 Å². The van der Waals surface area contributed by atoms with Crippen molar-refractivity contribution in [3.63, 3.8) is 0 Å². The summed E-state index contributed by atoms with van der Waals surface area (Å²) in [6.07, 6.45) is 1.72. The normalized spacial score (nSPS) is 12.6. The van der Waals surface area contributed by atoms with E-state index in [4.69, 9.17) is 5.11 Å². The Labute approximate surface area is 105 Å². The van der Waals surface area contributed by atoms with Gasteiger partial charge in [-0.15, -0.1) is 11.8 Å². The van der Waals surface area contributed by atoms with Crippen LogP contribution >= 0.6 is 11.8 Å². The molecule has 0 amide bonds. The van der Waals surface area contributed by atoms with E-state index in [1.807, 2.05) is 13.8 Å². The van der Waals surface area contributed by atoms with Crippen LogP contribution in [-0.2, 0) is 11.3 Å². The van der Waals surface area contributed by atoms with Crippen molar-refractivity contribution in [2.75, 3.05) is 5.75 Å². The Morgan fingerprint density at radius 3 is 2.71 bits per heavy atom. The van der Waals surface area contributed by atoms with Gasteiger partial charge in [0.25, 0.3) is 5.56 Å². The van der Waals surface area contributed by atoms with Gasteiger partial charge >= 0.3 is 5.97 Å². The monoisotopic (exact) mass is 255 g/mol. The van der Waals surface area contributed by atoms with Crippen LogP contribution in [0.25, 0.3) is 0 Å². The van der Waals surface area contributed by atoms with Crippen LogP contribution < -0.4 is 5.56 Å². The second-order valence-corrected chi connectivity index (χ2v) is 5.36. The molecule has 0 fully saturated rings. The molecule has 0 spiro atoms. The largest absolute Gasteiger partial charge is 0.480 e. The zero-order valence-electron chi connectivity index (χ0n) is 10.00. The van der Waals surface area contributed by atoms with Crippen LogP contribution in [-0.4, -0.2) is 26.6 Å². The summed E-state index contributed by atoms with van der Waals surface area (Å²) in [5.74, 6) is -0.0746. The van der Waals surface area contributed by atoms with E-state index in [9.17, 15) is 9.59 Å². The smallest absolute Gasteiger partial charge is 0.316 e. The van der Waals surface area contributed by atoms with Crippen LogP contribution in [0.2, 0.25) is 0 Å². The fourth-order valence-corrected chi connectivity index (χ4v) is 2.56. The molecule has 1 atom stereocenters. The Hall–Kier alpha value is -1.23. The lowest BCUT2D eigenvalue weighted by atomic mass is 10.1. The summed E-state index contributed by atoms with van der Waals surface area (Å²) in [7, 11) is 0. The lowest BCUT2D eigenvalue weighted by Crippen LogP contribution is -2.25. The van der Waals surface area contributed by atoms with Crippen LogP contribution in [0.4, 0.5) is 0 Å². The number of aryl methyl sites for hydroxylation is 1. The van der Waals surface area contributed by atoms with E-state index < -0.39 is 11.2 Å². The van der Waals surface area contributed by atoms with E-state index in [1.165, 1.54) is 17.8 Å². The number of hydrogen-bond donors (Lipinski definition) is 1. The van der Waals surface area contributed by atoms with Crippen molar-refractivity contribution in [1.82, 2.24) is 4.57 Å². The van der Waals surface area contributed by atoms with Crippen LogP contribution in [0.1, 0.15) is 13.8 Å². The second kappa shape index (κ2) is 6.49. The highest BCUT2D eigenvalue weighted by atomic mass is 32.2. The van der Waals surface area contributed by atoms with E-state index in [-0.39, 0.29) is 11.5 Å². The average Bonchev–Trinajstić information content (AvgIpc) is 2.25. The van der Waals surface area contributed by atoms with Gasteiger partial charge in [-0.05, 0) is 12.0 Å². The van der Waals surface area contributed by atoms with E-state index >= 15 is 0 Å². The Bertz CT molecular complexity index is 428. The maximum absolute atomic E-state index is 11.4. The Balaban J connectivity index is 2.50. The molecule has 1 unspecified atom stereocenters. The minimum atomic E-state index is -0.787. The maximum Gasteiger partial charge on any atom is 0.316 e. The molecule has 1 aromatic heterocycles. The number of hydrogen-bond acceptors (Lipinski definition) is 3. The van der Waals surface area contributed by atoms with Gasteiger partial charge in [0, 0.05) is 24.6 Å². The lowest BCUT2D eigenvalue weighted by Gasteiger charge is -2.15. The topological polar surface area (TPSA) is 59.3 Å². The molecule has 5 heteroatoms. The van der Waals surface area contributed by atoms with Crippen molar-refractivity contribution in [2.45, 2.75) is 25.6 Å². The number of thioether (sulfide) groups is 1. The van der Waals surface area contributed by atoms with Crippen molar-refractivity contribution in [1.29, 1.82) is 0 Å². The molecule has 94 valence electrons. The minimum Gasteiger partial charge on any atom is -0.480 e. The van der Waals surface area contributed by atoms with Crippen molar-refractivity contribution in [3.8, 4) is 0 Å². The van der Waals surface area contributed by atoms with Gasteiger partial charge in [-0.3, -0.25) is 9.59 Å². The zero-order chi connectivity index (χ0) is 12.8. The summed E-state index contributed by atoms with van der Waals surface area (Å²) in [6, 6.07) is 4.99. The highest BCUT2D eigenvalue weighted by Gasteiger charge is 2.21. The molecule has 0 bridgehead atoms. The van der Waals surface area contributed by atoms with Crippen molar-refractivity contribution in [2.24, 2.45) is 5.92 Å². The van der Waals surface area contributed by atoms with Crippen molar-refractivity contribution in [3.05, 3.63) is 34.7 Å². The van der Waals surface area contributed by atoms with Gasteiger partial charge in [0.05, 0.1) is 0 Å². The Morgan fingerprint density at radius 1 is 1.47 bits per heavy atom. The number of nitrogens with zero attached hydrogens (tertiary/aromatic N) is 1. The summed E-state index contributed by atoms with van der Waals surface area (Å²) >= 11 is 1.38. The summed E-state index contributed by atoms with van der Waals surface area (Å²) in [4.78, 5) is 22.4. The first-order chi connectivity index (χ1) is 8.02. The molecule has 0 aromatic carbocycles. The molecule has 0 aliphatic rings. The predicted octanol–water partition coefficient (Wildman–Crippen LogP) is 1.69. The molecule has 0 saturated carbocycles. The Morgan fingerprint density at radius 2 is 2.18 bits per heavy atom. The molecule has 4 nitrogen and oxygen atoms in total. The van der Waals surface area contributed by atoms with E-state index in [2.05, 4.69) is 0 Å². The molecule has 1 rings (SSSR count). The maximum atomic E-state index is 11.4. The van der Waals surface area contributed by atoms with E-state index in [0.717, 1.165) is 0 Å². The average molecular weight is 255 g/mol. The van der Waals surface area contributed by atoms with Gasteiger partial charge in [-0.2, -0.15) is 0 Å². The molecule has 0 radical (unpaired) electrons. The standard InChI is InChI=1S/C12H17NO3S/c1-9(2)11(12(15)16)17-8-7-13-6-4-3-5-10(13)14/h3-6,9,11H,7-8H2,1-2H3,(H,15,16). The molecular weight excluding hydrogens is 238 g/mol. The zero-order valence-corrected chi connectivity index (χ0v) is 10.8. The third-order valence-corrected chi connectivity index (χ3v) is 3.90. The molecular formula is C12H17NO3S.